The summed E-state index contributed by atoms with van der Waals surface area (Å²) in [7, 11) is 0. The molecule has 25 heavy (non-hydrogen) atoms. The van der Waals surface area contributed by atoms with Crippen LogP contribution in [0.4, 0.5) is 0 Å². The normalized spacial score (nSPS) is 6.88. The van der Waals surface area contributed by atoms with Crippen molar-refractivity contribution in [2.45, 2.75) is 67.6 Å². The Morgan fingerprint density at radius 3 is 0.640 bits per heavy atom. The average molecular weight is 404 g/mol. The number of carbonyl (C=O) groups excluding carboxylic acids is 2. The van der Waals surface area contributed by atoms with Gasteiger partial charge in [0.25, 0.3) is 11.9 Å². The smallest absolute Gasteiger partial charge is 0.852 e. The Balaban J connectivity index is -0.0000000309. The summed E-state index contributed by atoms with van der Waals surface area (Å²) in [6.07, 6.45) is -0.833. The third kappa shape index (κ3) is 4290. The molecule has 0 aliphatic heterocycles. The monoisotopic (exact) mass is 404 g/mol. The van der Waals surface area contributed by atoms with Crippen molar-refractivity contribution in [1.29, 1.82) is 0 Å². The van der Waals surface area contributed by atoms with Gasteiger partial charge < -0.3 is 40.2 Å². The van der Waals surface area contributed by atoms with Gasteiger partial charge in [-0.1, -0.05) is 27.7 Å². The van der Waals surface area contributed by atoms with E-state index in [2.05, 4.69) is 0 Å². The van der Waals surface area contributed by atoms with E-state index >= 15 is 0 Å². The van der Waals surface area contributed by atoms with Gasteiger partial charge in [0, 0.05) is 25.8 Å². The van der Waals surface area contributed by atoms with E-state index in [0.717, 1.165) is 27.7 Å². The SMILES string of the molecule is CC(=O)O.CC(=O)O.CC(=O)[O-].CC(=O)[O-].CC(C)[O-].CC(C)[O-].[Ti+4]. The van der Waals surface area contributed by atoms with Crippen LogP contribution >= 0.6 is 0 Å². The predicted molar refractivity (Wildman–Crippen MR) is 78.3 cm³/mol. The zero-order chi connectivity index (χ0) is 21.5. The molecule has 11 heteroatoms. The van der Waals surface area contributed by atoms with Gasteiger partial charge in [-0.15, -0.1) is 12.2 Å². The Kier molecular flexibility index (Phi) is 66.8. The number of aliphatic carboxylic acids is 4. The number of hydrogen-bond acceptors (Lipinski definition) is 8. The van der Waals surface area contributed by atoms with Crippen molar-refractivity contribution in [1.82, 2.24) is 0 Å². The molecule has 0 aromatic rings. The summed E-state index contributed by atoms with van der Waals surface area (Å²) >= 11 is 0. The van der Waals surface area contributed by atoms with E-state index in [-0.39, 0.29) is 21.7 Å². The topological polar surface area (TPSA) is 201 Å². The predicted octanol–water partition coefficient (Wildman–Crippen LogP) is -2.80. The summed E-state index contributed by atoms with van der Waals surface area (Å²) in [5.74, 6) is -3.83. The van der Waals surface area contributed by atoms with Crippen LogP contribution in [-0.4, -0.2) is 46.3 Å². The molecule has 0 aliphatic rings. The van der Waals surface area contributed by atoms with Gasteiger partial charge in [-0.25, -0.2) is 0 Å². The van der Waals surface area contributed by atoms with Crippen molar-refractivity contribution in [3.63, 3.8) is 0 Å². The molecule has 0 fully saturated rings. The second-order valence-electron chi connectivity index (χ2n) is 4.12. The van der Waals surface area contributed by atoms with Crippen molar-refractivity contribution in [2.24, 2.45) is 0 Å². The van der Waals surface area contributed by atoms with E-state index in [4.69, 9.17) is 39.6 Å². The quantitative estimate of drug-likeness (QED) is 0.397. The maximum atomic E-state index is 9.53. The second kappa shape index (κ2) is 38.2. The van der Waals surface area contributed by atoms with E-state index in [1.807, 2.05) is 0 Å². The van der Waals surface area contributed by atoms with E-state index in [1.165, 1.54) is 0 Å². The minimum absolute atomic E-state index is 0. The number of carboxylic acid groups (broad SMARTS) is 4. The molecule has 0 rings (SSSR count). The van der Waals surface area contributed by atoms with Crippen LogP contribution in [-0.2, 0) is 40.9 Å². The van der Waals surface area contributed by atoms with Crippen LogP contribution in [0.25, 0.3) is 0 Å². The van der Waals surface area contributed by atoms with Crippen LogP contribution in [0.2, 0.25) is 0 Å². The molecule has 0 unspecified atom stereocenters. The van der Waals surface area contributed by atoms with Crippen LogP contribution in [0.5, 0.6) is 0 Å². The van der Waals surface area contributed by atoms with Gasteiger partial charge in [0.15, 0.2) is 0 Å². The first-order valence-corrected chi connectivity index (χ1v) is 6.45. The molecular weight excluding hydrogens is 376 g/mol. The molecule has 0 atom stereocenters. The largest absolute Gasteiger partial charge is 4.00 e. The molecule has 0 radical (unpaired) electrons. The van der Waals surface area contributed by atoms with Crippen LogP contribution in [0, 0.1) is 0 Å². The number of carbonyl (C=O) groups is 4. The first-order chi connectivity index (χ1) is 10.4. The molecule has 0 amide bonds. The fraction of sp³-hybridized carbons (Fsp3) is 0.714. The van der Waals surface area contributed by atoms with Gasteiger partial charge in [-0.3, -0.25) is 9.59 Å². The van der Waals surface area contributed by atoms with Gasteiger partial charge in [0.1, 0.15) is 0 Å². The van der Waals surface area contributed by atoms with Gasteiger partial charge in [-0.05, 0) is 13.8 Å². The molecular formula is C14H28O10Ti. The molecule has 0 aliphatic carbocycles. The zero-order valence-electron chi connectivity index (χ0n) is 15.8. The zero-order valence-corrected chi connectivity index (χ0v) is 17.4. The molecule has 0 saturated heterocycles. The van der Waals surface area contributed by atoms with Crippen molar-refractivity contribution in [3.8, 4) is 0 Å². The molecule has 0 aromatic heterocycles. The third-order valence-corrected chi connectivity index (χ3v) is 0. The number of rotatable bonds is 0. The minimum atomic E-state index is -1.08. The van der Waals surface area contributed by atoms with E-state index in [1.54, 1.807) is 27.7 Å². The molecule has 0 saturated carbocycles. The van der Waals surface area contributed by atoms with Gasteiger partial charge in [0.2, 0.25) is 0 Å². The summed E-state index contributed by atoms with van der Waals surface area (Å²) in [4.78, 5) is 35.8. The van der Waals surface area contributed by atoms with Crippen molar-refractivity contribution in [3.05, 3.63) is 0 Å². The molecule has 2 N–H and O–H groups in total. The van der Waals surface area contributed by atoms with Gasteiger partial charge in [0.05, 0.1) is 0 Å². The van der Waals surface area contributed by atoms with Crippen LogP contribution in [0.1, 0.15) is 55.4 Å². The van der Waals surface area contributed by atoms with E-state index < -0.39 is 36.1 Å². The fourth-order valence-corrected chi connectivity index (χ4v) is 0. The maximum absolute atomic E-state index is 9.53. The van der Waals surface area contributed by atoms with Crippen molar-refractivity contribution < 1.29 is 71.5 Å². The second-order valence-corrected chi connectivity index (χ2v) is 4.12. The molecule has 0 spiro atoms. The van der Waals surface area contributed by atoms with Gasteiger partial charge >= 0.3 is 21.7 Å². The number of carboxylic acids is 4. The maximum Gasteiger partial charge on any atom is 4.00 e. The summed E-state index contributed by atoms with van der Waals surface area (Å²) in [6.45, 7) is 10.6. The van der Waals surface area contributed by atoms with Crippen LogP contribution in [0.15, 0.2) is 0 Å². The fourth-order valence-electron chi connectivity index (χ4n) is 0. The molecule has 0 heterocycles. The first kappa shape index (κ1) is 43.7. The Hall–Kier alpha value is -1.49. The molecule has 0 aromatic carbocycles. The standard InChI is InChI=1S/2C3H7O.4C2H4O2.Ti/c2*1-3(2)4;4*1-2(3)4;/h2*3H,1-2H3;4*1H3,(H,3,4);/q2*-1;;;;;+4/p-2. The summed E-state index contributed by atoms with van der Waals surface area (Å²) < 4.78 is 0. The number of hydrogen-bond donors (Lipinski definition) is 2. The van der Waals surface area contributed by atoms with Crippen molar-refractivity contribution >= 4 is 23.9 Å². The average Bonchev–Trinajstić information content (AvgIpc) is 2.08. The minimum Gasteiger partial charge on any atom is -0.852 e. The molecule has 10 nitrogen and oxygen atoms in total. The molecule has 0 bridgehead atoms. The van der Waals surface area contributed by atoms with Crippen LogP contribution < -0.4 is 20.4 Å². The Labute approximate surface area is 163 Å². The third-order valence-electron chi connectivity index (χ3n) is 0. The Morgan fingerprint density at radius 2 is 0.640 bits per heavy atom. The summed E-state index contributed by atoms with van der Waals surface area (Å²) in [6, 6.07) is 0. The van der Waals surface area contributed by atoms with E-state index in [9.17, 15) is 10.2 Å². The van der Waals surface area contributed by atoms with Crippen molar-refractivity contribution in [2.75, 3.05) is 0 Å². The van der Waals surface area contributed by atoms with Crippen LogP contribution in [0.3, 0.4) is 0 Å². The van der Waals surface area contributed by atoms with E-state index in [0.29, 0.717) is 0 Å². The Bertz CT molecular complexity index is 228. The summed E-state index contributed by atoms with van der Waals surface area (Å²) in [5.41, 5.74) is 0. The Morgan fingerprint density at radius 1 is 0.640 bits per heavy atom. The van der Waals surface area contributed by atoms with Gasteiger partial charge in [-0.2, -0.15) is 0 Å². The molecule has 148 valence electrons. The first-order valence-electron chi connectivity index (χ1n) is 6.45. The summed E-state index contributed by atoms with van der Waals surface area (Å²) in [5, 5.41) is 51.7.